The summed E-state index contributed by atoms with van der Waals surface area (Å²) in [6.07, 6.45) is 0.813. The summed E-state index contributed by atoms with van der Waals surface area (Å²) in [6.45, 7) is 4.66. The predicted molar refractivity (Wildman–Crippen MR) is 86.6 cm³/mol. The van der Waals surface area contributed by atoms with E-state index in [-0.39, 0.29) is 6.10 Å². The SMILES string of the molecule is COCCNCc1cc(Cl)cc(Cl)c1OC(C)CCOC. The molecule has 0 radical (unpaired) electrons. The number of rotatable bonds is 10. The van der Waals surface area contributed by atoms with Crippen molar-refractivity contribution < 1.29 is 14.2 Å². The molecular formula is C15H23Cl2NO3. The molecule has 1 aromatic rings. The van der Waals surface area contributed by atoms with Crippen molar-refractivity contribution in [3.8, 4) is 5.75 Å². The van der Waals surface area contributed by atoms with Crippen LogP contribution >= 0.6 is 23.2 Å². The molecule has 1 atom stereocenters. The van der Waals surface area contributed by atoms with Gasteiger partial charge in [0.25, 0.3) is 0 Å². The third-order valence-electron chi connectivity index (χ3n) is 2.93. The second-order valence-corrected chi connectivity index (χ2v) is 5.60. The second-order valence-electron chi connectivity index (χ2n) is 4.76. The Labute approximate surface area is 136 Å². The van der Waals surface area contributed by atoms with Gasteiger partial charge in [0, 0.05) is 50.9 Å². The van der Waals surface area contributed by atoms with E-state index < -0.39 is 0 Å². The fraction of sp³-hybridized carbons (Fsp3) is 0.600. The summed E-state index contributed by atoms with van der Waals surface area (Å²) in [7, 11) is 3.34. The van der Waals surface area contributed by atoms with E-state index in [4.69, 9.17) is 37.4 Å². The van der Waals surface area contributed by atoms with Gasteiger partial charge in [-0.05, 0) is 19.1 Å². The summed E-state index contributed by atoms with van der Waals surface area (Å²) in [6, 6.07) is 3.56. The van der Waals surface area contributed by atoms with Crippen molar-refractivity contribution in [3.63, 3.8) is 0 Å². The molecule has 0 saturated carbocycles. The molecule has 6 heteroatoms. The van der Waals surface area contributed by atoms with Crippen LogP contribution in [0.3, 0.4) is 0 Å². The number of ether oxygens (including phenoxy) is 3. The number of hydrogen-bond donors (Lipinski definition) is 1. The van der Waals surface area contributed by atoms with Crippen LogP contribution in [-0.4, -0.2) is 40.1 Å². The first kappa shape index (κ1) is 18.5. The second kappa shape index (κ2) is 10.2. The minimum absolute atomic E-state index is 0.0151. The average Bonchev–Trinajstić information content (AvgIpc) is 2.44. The first-order valence-corrected chi connectivity index (χ1v) is 7.67. The Hall–Kier alpha value is -0.520. The molecule has 0 aliphatic heterocycles. The number of halogens is 2. The molecule has 0 bridgehead atoms. The molecule has 0 spiro atoms. The molecule has 1 rings (SSSR count). The molecule has 1 aromatic carbocycles. The molecular weight excluding hydrogens is 313 g/mol. The topological polar surface area (TPSA) is 39.7 Å². The molecule has 0 amide bonds. The first-order valence-electron chi connectivity index (χ1n) is 6.91. The average molecular weight is 336 g/mol. The Kier molecular flexibility index (Phi) is 9.04. The highest BCUT2D eigenvalue weighted by atomic mass is 35.5. The van der Waals surface area contributed by atoms with E-state index in [1.807, 2.05) is 13.0 Å². The van der Waals surface area contributed by atoms with Crippen LogP contribution in [0.15, 0.2) is 12.1 Å². The Balaban J connectivity index is 2.74. The lowest BCUT2D eigenvalue weighted by Crippen LogP contribution is -2.20. The summed E-state index contributed by atoms with van der Waals surface area (Å²) in [4.78, 5) is 0. The number of hydrogen-bond acceptors (Lipinski definition) is 4. The lowest BCUT2D eigenvalue weighted by atomic mass is 10.2. The van der Waals surface area contributed by atoms with Gasteiger partial charge < -0.3 is 19.5 Å². The maximum absolute atomic E-state index is 6.26. The Bertz CT molecular complexity index is 430. The van der Waals surface area contributed by atoms with Gasteiger partial charge in [-0.1, -0.05) is 23.2 Å². The Morgan fingerprint density at radius 3 is 2.52 bits per heavy atom. The van der Waals surface area contributed by atoms with Crippen molar-refractivity contribution in [2.75, 3.05) is 34.0 Å². The van der Waals surface area contributed by atoms with E-state index in [9.17, 15) is 0 Å². The van der Waals surface area contributed by atoms with Crippen LogP contribution in [0.2, 0.25) is 10.0 Å². The van der Waals surface area contributed by atoms with E-state index in [2.05, 4.69) is 5.32 Å². The first-order chi connectivity index (χ1) is 10.1. The van der Waals surface area contributed by atoms with Gasteiger partial charge >= 0.3 is 0 Å². The highest BCUT2D eigenvalue weighted by Gasteiger charge is 2.14. The van der Waals surface area contributed by atoms with Crippen molar-refractivity contribution >= 4 is 23.2 Å². The zero-order valence-electron chi connectivity index (χ0n) is 12.7. The van der Waals surface area contributed by atoms with Crippen LogP contribution in [0.25, 0.3) is 0 Å². The molecule has 0 aliphatic carbocycles. The summed E-state index contributed by atoms with van der Waals surface area (Å²) >= 11 is 12.3. The van der Waals surface area contributed by atoms with Crippen molar-refractivity contribution in [1.29, 1.82) is 0 Å². The molecule has 0 saturated heterocycles. The number of benzene rings is 1. The number of methoxy groups -OCH3 is 2. The molecule has 120 valence electrons. The van der Waals surface area contributed by atoms with Gasteiger partial charge in [-0.25, -0.2) is 0 Å². The van der Waals surface area contributed by atoms with Crippen LogP contribution < -0.4 is 10.1 Å². The van der Waals surface area contributed by atoms with Crippen LogP contribution in [0.4, 0.5) is 0 Å². The van der Waals surface area contributed by atoms with E-state index in [0.717, 1.165) is 18.5 Å². The van der Waals surface area contributed by atoms with Crippen molar-refractivity contribution in [3.05, 3.63) is 27.7 Å². The zero-order chi connectivity index (χ0) is 15.7. The normalized spacial score (nSPS) is 12.4. The van der Waals surface area contributed by atoms with Gasteiger partial charge in [0.05, 0.1) is 17.7 Å². The van der Waals surface area contributed by atoms with E-state index in [1.165, 1.54) is 0 Å². The summed E-state index contributed by atoms with van der Waals surface area (Å²) in [5, 5.41) is 4.39. The molecule has 0 fully saturated rings. The highest BCUT2D eigenvalue weighted by Crippen LogP contribution is 2.33. The van der Waals surface area contributed by atoms with Gasteiger partial charge in [0.2, 0.25) is 0 Å². The van der Waals surface area contributed by atoms with Crippen LogP contribution in [0.1, 0.15) is 18.9 Å². The van der Waals surface area contributed by atoms with Crippen molar-refractivity contribution in [2.45, 2.75) is 26.0 Å². The molecule has 0 heterocycles. The zero-order valence-corrected chi connectivity index (χ0v) is 14.3. The van der Waals surface area contributed by atoms with Gasteiger partial charge in [0.15, 0.2) is 0 Å². The minimum Gasteiger partial charge on any atom is -0.489 e. The maximum atomic E-state index is 6.26. The molecule has 0 aliphatic rings. The Morgan fingerprint density at radius 1 is 1.14 bits per heavy atom. The third kappa shape index (κ3) is 6.85. The van der Waals surface area contributed by atoms with Crippen LogP contribution in [0.5, 0.6) is 5.75 Å². The van der Waals surface area contributed by atoms with E-state index in [0.29, 0.717) is 35.6 Å². The van der Waals surface area contributed by atoms with Gasteiger partial charge in [-0.3, -0.25) is 0 Å². The summed E-state index contributed by atoms with van der Waals surface area (Å²) in [5.74, 6) is 0.676. The predicted octanol–water partition coefficient (Wildman–Crippen LogP) is 3.53. The monoisotopic (exact) mass is 335 g/mol. The molecule has 4 nitrogen and oxygen atoms in total. The van der Waals surface area contributed by atoms with E-state index in [1.54, 1.807) is 20.3 Å². The van der Waals surface area contributed by atoms with Gasteiger partial charge in [-0.15, -0.1) is 0 Å². The molecule has 0 aromatic heterocycles. The van der Waals surface area contributed by atoms with Crippen LogP contribution in [0, 0.1) is 0 Å². The maximum Gasteiger partial charge on any atom is 0.142 e. The van der Waals surface area contributed by atoms with Gasteiger partial charge in [-0.2, -0.15) is 0 Å². The molecule has 21 heavy (non-hydrogen) atoms. The van der Waals surface area contributed by atoms with E-state index >= 15 is 0 Å². The standard InChI is InChI=1S/C15H23Cl2NO3/c1-11(4-6-19-2)21-15-12(10-18-5-7-20-3)8-13(16)9-14(15)17/h8-9,11,18H,4-7,10H2,1-3H3. The quantitative estimate of drug-likeness (QED) is 0.664. The summed E-state index contributed by atoms with van der Waals surface area (Å²) < 4.78 is 16.0. The molecule has 1 unspecified atom stereocenters. The highest BCUT2D eigenvalue weighted by molar-refractivity contribution is 6.35. The smallest absolute Gasteiger partial charge is 0.142 e. The fourth-order valence-electron chi connectivity index (χ4n) is 1.82. The van der Waals surface area contributed by atoms with Crippen molar-refractivity contribution in [2.24, 2.45) is 0 Å². The van der Waals surface area contributed by atoms with Gasteiger partial charge in [0.1, 0.15) is 5.75 Å². The lowest BCUT2D eigenvalue weighted by molar-refractivity contribution is 0.134. The van der Waals surface area contributed by atoms with Crippen molar-refractivity contribution in [1.82, 2.24) is 5.32 Å². The third-order valence-corrected chi connectivity index (χ3v) is 3.43. The summed E-state index contributed by atoms with van der Waals surface area (Å²) in [5.41, 5.74) is 0.938. The molecule has 1 N–H and O–H groups in total. The largest absolute Gasteiger partial charge is 0.489 e. The fourth-order valence-corrected chi connectivity index (χ4v) is 2.40. The lowest BCUT2D eigenvalue weighted by Gasteiger charge is -2.19. The minimum atomic E-state index is 0.0151. The van der Waals surface area contributed by atoms with Crippen LogP contribution in [-0.2, 0) is 16.0 Å². The number of nitrogens with one attached hydrogen (secondary N) is 1. The Morgan fingerprint density at radius 2 is 1.86 bits per heavy atom.